The summed E-state index contributed by atoms with van der Waals surface area (Å²) in [6.45, 7) is 5.17. The van der Waals surface area contributed by atoms with E-state index < -0.39 is 0 Å². The van der Waals surface area contributed by atoms with Crippen LogP contribution in [0.1, 0.15) is 46.4 Å². The molecule has 1 aliphatic rings. The maximum Gasteiger partial charge on any atom is 0.291 e. The molecule has 3 aromatic heterocycles. The van der Waals surface area contributed by atoms with Crippen LogP contribution in [0.25, 0.3) is 11.0 Å². The van der Waals surface area contributed by atoms with E-state index in [4.69, 9.17) is 9.40 Å². The first-order chi connectivity index (χ1) is 12.0. The van der Waals surface area contributed by atoms with Crippen molar-refractivity contribution in [2.75, 3.05) is 13.1 Å². The van der Waals surface area contributed by atoms with Crippen LogP contribution < -0.4 is 0 Å². The molecule has 4 rings (SSSR count). The van der Waals surface area contributed by atoms with E-state index in [-0.39, 0.29) is 11.8 Å². The fourth-order valence-electron chi connectivity index (χ4n) is 3.60. The maximum absolute atomic E-state index is 12.7. The summed E-state index contributed by atoms with van der Waals surface area (Å²) in [4.78, 5) is 23.4. The average molecular weight is 339 g/mol. The molecule has 1 fully saturated rings. The highest BCUT2D eigenvalue weighted by Crippen LogP contribution is 2.28. The number of carbonyl (C=O) groups is 1. The number of rotatable bonds is 2. The van der Waals surface area contributed by atoms with Gasteiger partial charge in [-0.15, -0.1) is 0 Å². The van der Waals surface area contributed by atoms with E-state index in [0.717, 1.165) is 41.8 Å². The molecule has 7 heteroatoms. The van der Waals surface area contributed by atoms with Gasteiger partial charge in [-0.05, 0) is 38.8 Å². The van der Waals surface area contributed by atoms with E-state index in [1.165, 1.54) is 6.39 Å². The van der Waals surface area contributed by atoms with Gasteiger partial charge in [0.2, 0.25) is 5.76 Å². The molecule has 0 saturated carbocycles. The monoisotopic (exact) mass is 339 g/mol. The number of likely N-dealkylation sites (tertiary alicyclic amines) is 1. The van der Waals surface area contributed by atoms with Crippen molar-refractivity contribution in [3.63, 3.8) is 0 Å². The van der Waals surface area contributed by atoms with E-state index in [1.54, 1.807) is 6.92 Å². The van der Waals surface area contributed by atoms with Gasteiger partial charge in [-0.2, -0.15) is 5.10 Å². The van der Waals surface area contributed by atoms with Crippen molar-refractivity contribution in [1.29, 1.82) is 0 Å². The van der Waals surface area contributed by atoms with Crippen molar-refractivity contribution in [3.8, 4) is 0 Å². The number of carbonyl (C=O) groups excluding carboxylic acids is 1. The highest BCUT2D eigenvalue weighted by Gasteiger charge is 2.29. The molecule has 4 heterocycles. The quantitative estimate of drug-likeness (QED) is 0.717. The van der Waals surface area contributed by atoms with Crippen LogP contribution in [-0.2, 0) is 7.05 Å². The highest BCUT2D eigenvalue weighted by molar-refractivity contribution is 5.92. The minimum absolute atomic E-state index is 0.0860. The zero-order valence-electron chi connectivity index (χ0n) is 14.7. The summed E-state index contributed by atoms with van der Waals surface area (Å²) >= 11 is 0. The summed E-state index contributed by atoms with van der Waals surface area (Å²) in [5.74, 6) is 0.476. The Kier molecular flexibility index (Phi) is 3.78. The van der Waals surface area contributed by atoms with E-state index in [9.17, 15) is 4.79 Å². The molecule has 3 aromatic rings. The first-order valence-electron chi connectivity index (χ1n) is 8.54. The molecule has 0 aromatic carbocycles. The van der Waals surface area contributed by atoms with E-state index >= 15 is 0 Å². The third-order valence-corrected chi connectivity index (χ3v) is 4.96. The summed E-state index contributed by atoms with van der Waals surface area (Å²) in [5.41, 5.74) is 3.53. The molecule has 0 unspecified atom stereocenters. The summed E-state index contributed by atoms with van der Waals surface area (Å²) in [6.07, 6.45) is 3.30. The highest BCUT2D eigenvalue weighted by atomic mass is 16.3. The lowest BCUT2D eigenvalue weighted by molar-refractivity contribution is 0.0672. The Morgan fingerprint density at radius 2 is 2.12 bits per heavy atom. The SMILES string of the molecule is Cc1ncoc1C(=O)N1CCC[C@@H](c2ccc3c(C)nn(C)c3n2)C1. The summed E-state index contributed by atoms with van der Waals surface area (Å²) < 4.78 is 7.08. The summed E-state index contributed by atoms with van der Waals surface area (Å²) in [6, 6.07) is 4.15. The fourth-order valence-corrected chi connectivity index (χ4v) is 3.60. The van der Waals surface area contributed by atoms with Gasteiger partial charge in [-0.3, -0.25) is 9.48 Å². The lowest BCUT2D eigenvalue weighted by atomic mass is 9.94. The molecular formula is C18H21N5O2. The van der Waals surface area contributed by atoms with E-state index in [2.05, 4.69) is 22.2 Å². The second kappa shape index (κ2) is 5.98. The zero-order valence-corrected chi connectivity index (χ0v) is 14.7. The van der Waals surface area contributed by atoms with Crippen LogP contribution in [-0.4, -0.2) is 43.6 Å². The van der Waals surface area contributed by atoms with Gasteiger partial charge in [-0.1, -0.05) is 0 Å². The molecule has 0 N–H and O–H groups in total. The van der Waals surface area contributed by atoms with Crippen LogP contribution in [0.3, 0.4) is 0 Å². The molecule has 0 bridgehead atoms. The van der Waals surface area contributed by atoms with Crippen LogP contribution in [0.4, 0.5) is 0 Å². The van der Waals surface area contributed by atoms with Crippen molar-refractivity contribution in [2.45, 2.75) is 32.6 Å². The minimum Gasteiger partial charge on any atom is -0.438 e. The van der Waals surface area contributed by atoms with Gasteiger partial charge >= 0.3 is 0 Å². The molecule has 0 aliphatic carbocycles. The molecule has 130 valence electrons. The maximum atomic E-state index is 12.7. The number of piperidine rings is 1. The summed E-state index contributed by atoms with van der Waals surface area (Å²) in [7, 11) is 1.91. The third kappa shape index (κ3) is 2.69. The Labute approximate surface area is 145 Å². The number of aromatic nitrogens is 4. The molecule has 1 atom stereocenters. The first kappa shape index (κ1) is 15.8. The largest absolute Gasteiger partial charge is 0.438 e. The number of amides is 1. The zero-order chi connectivity index (χ0) is 17.6. The predicted molar refractivity (Wildman–Crippen MR) is 92.4 cm³/mol. The number of nitrogens with zero attached hydrogens (tertiary/aromatic N) is 5. The van der Waals surface area contributed by atoms with Crippen molar-refractivity contribution >= 4 is 16.9 Å². The Morgan fingerprint density at radius 3 is 2.88 bits per heavy atom. The van der Waals surface area contributed by atoms with Gasteiger partial charge in [0.1, 0.15) is 0 Å². The average Bonchev–Trinajstić information content (AvgIpc) is 3.17. The molecule has 7 nitrogen and oxygen atoms in total. The second-order valence-corrected chi connectivity index (χ2v) is 6.67. The molecule has 1 saturated heterocycles. The topological polar surface area (TPSA) is 77.0 Å². The van der Waals surface area contributed by atoms with E-state index in [1.807, 2.05) is 23.6 Å². The van der Waals surface area contributed by atoms with Gasteiger partial charge in [0.05, 0.1) is 11.4 Å². The van der Waals surface area contributed by atoms with Gasteiger partial charge < -0.3 is 9.32 Å². The number of hydrogen-bond donors (Lipinski definition) is 0. The number of aryl methyl sites for hydroxylation is 3. The van der Waals surface area contributed by atoms with E-state index in [0.29, 0.717) is 18.0 Å². The standard InChI is InChI=1S/C18H21N5O2/c1-11-14-6-7-15(20-17(14)22(3)21-11)13-5-4-8-23(9-13)18(24)16-12(2)19-10-25-16/h6-7,10,13H,4-5,8-9H2,1-3H3/t13-/m1/s1. The van der Waals surface area contributed by atoms with Crippen LogP contribution in [0.15, 0.2) is 22.9 Å². The lowest BCUT2D eigenvalue weighted by Crippen LogP contribution is -2.39. The lowest BCUT2D eigenvalue weighted by Gasteiger charge is -2.32. The van der Waals surface area contributed by atoms with Gasteiger partial charge in [0.15, 0.2) is 12.0 Å². The number of hydrogen-bond acceptors (Lipinski definition) is 5. The first-order valence-corrected chi connectivity index (χ1v) is 8.54. The van der Waals surface area contributed by atoms with Crippen LogP contribution in [0.5, 0.6) is 0 Å². The summed E-state index contributed by atoms with van der Waals surface area (Å²) in [5, 5.41) is 5.51. The third-order valence-electron chi connectivity index (χ3n) is 4.96. The molecular weight excluding hydrogens is 318 g/mol. The second-order valence-electron chi connectivity index (χ2n) is 6.67. The van der Waals surface area contributed by atoms with Crippen LogP contribution >= 0.6 is 0 Å². The number of oxazole rings is 1. The molecule has 1 amide bonds. The van der Waals surface area contributed by atoms with Crippen molar-refractivity contribution in [1.82, 2.24) is 24.6 Å². The smallest absolute Gasteiger partial charge is 0.291 e. The Bertz CT molecular complexity index is 942. The number of fused-ring (bicyclic) bond motifs is 1. The molecule has 0 radical (unpaired) electrons. The van der Waals surface area contributed by atoms with Crippen molar-refractivity contribution in [3.05, 3.63) is 41.4 Å². The predicted octanol–water partition coefficient (Wildman–Crippen LogP) is 2.59. The molecule has 1 aliphatic heterocycles. The molecule has 25 heavy (non-hydrogen) atoms. The van der Waals surface area contributed by atoms with Gasteiger partial charge in [-0.25, -0.2) is 9.97 Å². The van der Waals surface area contributed by atoms with Crippen LogP contribution in [0, 0.1) is 13.8 Å². The number of pyridine rings is 1. The fraction of sp³-hybridized carbons (Fsp3) is 0.444. The van der Waals surface area contributed by atoms with Crippen LogP contribution in [0.2, 0.25) is 0 Å². The van der Waals surface area contributed by atoms with Gasteiger partial charge in [0.25, 0.3) is 5.91 Å². The van der Waals surface area contributed by atoms with Crippen molar-refractivity contribution < 1.29 is 9.21 Å². The van der Waals surface area contributed by atoms with Crippen molar-refractivity contribution in [2.24, 2.45) is 7.05 Å². The minimum atomic E-state index is -0.0860. The Morgan fingerprint density at radius 1 is 1.28 bits per heavy atom. The molecule has 0 spiro atoms. The normalized spacial score (nSPS) is 18.0. The Balaban J connectivity index is 1.60. The van der Waals surface area contributed by atoms with Gasteiger partial charge in [0, 0.05) is 37.1 Å². The Hall–Kier alpha value is -2.70.